The summed E-state index contributed by atoms with van der Waals surface area (Å²) in [6, 6.07) is 9.39. The number of benzene rings is 1. The zero-order valence-electron chi connectivity index (χ0n) is 8.28. The molecule has 0 saturated carbocycles. The van der Waals surface area contributed by atoms with Crippen LogP contribution in [0.2, 0.25) is 5.02 Å². The zero-order valence-corrected chi connectivity index (χ0v) is 9.85. The minimum absolute atomic E-state index is 0.479. The van der Waals surface area contributed by atoms with Gasteiger partial charge in [0.05, 0.1) is 6.07 Å². The molecule has 0 radical (unpaired) electrons. The smallest absolute Gasteiger partial charge is 0.0622 e. The van der Waals surface area contributed by atoms with Gasteiger partial charge in [-0.3, -0.25) is 4.21 Å². The molecule has 0 heterocycles. The molecular weight excluding hydrogens is 230 g/mol. The highest BCUT2D eigenvalue weighted by Gasteiger charge is 2.01. The van der Waals surface area contributed by atoms with Crippen molar-refractivity contribution in [1.82, 2.24) is 0 Å². The highest BCUT2D eigenvalue weighted by Crippen LogP contribution is 2.11. The Morgan fingerprint density at radius 1 is 1.33 bits per heavy atom. The van der Waals surface area contributed by atoms with E-state index in [2.05, 4.69) is 0 Å². The monoisotopic (exact) mass is 241 g/mol. The highest BCUT2D eigenvalue weighted by molar-refractivity contribution is 7.84. The quantitative estimate of drug-likeness (QED) is 0.744. The van der Waals surface area contributed by atoms with Crippen molar-refractivity contribution in [3.8, 4) is 6.07 Å². The first-order chi connectivity index (χ1) is 7.22. The van der Waals surface area contributed by atoms with Crippen LogP contribution in [0.1, 0.15) is 18.4 Å². The van der Waals surface area contributed by atoms with Gasteiger partial charge in [0.25, 0.3) is 0 Å². The van der Waals surface area contributed by atoms with Crippen molar-refractivity contribution in [2.24, 2.45) is 0 Å². The van der Waals surface area contributed by atoms with Crippen LogP contribution >= 0.6 is 11.6 Å². The SMILES string of the molecule is N#CCCC[S@](=O)Cc1ccc(Cl)cc1. The number of halogens is 1. The lowest BCUT2D eigenvalue weighted by Crippen LogP contribution is -2.00. The standard InChI is InChI=1S/C11H12ClNOS/c12-11-5-3-10(4-6-11)9-15(14)8-2-1-7-13/h3-6H,1-2,8-9H2/t15-/m0/s1. The minimum atomic E-state index is -0.873. The average molecular weight is 242 g/mol. The topological polar surface area (TPSA) is 40.9 Å². The Labute approximate surface area is 97.3 Å². The summed E-state index contributed by atoms with van der Waals surface area (Å²) in [4.78, 5) is 0. The fourth-order valence-corrected chi connectivity index (χ4v) is 2.45. The number of rotatable bonds is 5. The summed E-state index contributed by atoms with van der Waals surface area (Å²) in [7, 11) is -0.873. The largest absolute Gasteiger partial charge is 0.259 e. The molecule has 1 rings (SSSR count). The van der Waals surface area contributed by atoms with Gasteiger partial charge < -0.3 is 0 Å². The van der Waals surface area contributed by atoms with E-state index in [1.807, 2.05) is 18.2 Å². The molecule has 1 aromatic rings. The molecule has 0 bridgehead atoms. The van der Waals surface area contributed by atoms with Gasteiger partial charge >= 0.3 is 0 Å². The maximum Gasteiger partial charge on any atom is 0.0622 e. The zero-order chi connectivity index (χ0) is 11.1. The van der Waals surface area contributed by atoms with Gasteiger partial charge in [0, 0.05) is 33.7 Å². The van der Waals surface area contributed by atoms with Gasteiger partial charge in [0.15, 0.2) is 0 Å². The van der Waals surface area contributed by atoms with Crippen LogP contribution in [-0.4, -0.2) is 9.96 Å². The molecule has 1 atom stereocenters. The molecule has 0 amide bonds. The van der Waals surface area contributed by atoms with E-state index < -0.39 is 10.8 Å². The van der Waals surface area contributed by atoms with Crippen LogP contribution in [0.4, 0.5) is 0 Å². The van der Waals surface area contributed by atoms with Crippen molar-refractivity contribution in [2.45, 2.75) is 18.6 Å². The van der Waals surface area contributed by atoms with Crippen LogP contribution in [-0.2, 0) is 16.6 Å². The molecular formula is C11H12ClNOS. The Kier molecular flexibility index (Phi) is 5.38. The third kappa shape index (κ3) is 4.96. The van der Waals surface area contributed by atoms with Crippen LogP contribution in [0.5, 0.6) is 0 Å². The van der Waals surface area contributed by atoms with Crippen molar-refractivity contribution >= 4 is 22.4 Å². The molecule has 2 nitrogen and oxygen atoms in total. The van der Waals surface area contributed by atoms with Crippen LogP contribution in [0.15, 0.2) is 24.3 Å². The molecule has 15 heavy (non-hydrogen) atoms. The average Bonchev–Trinajstić information content (AvgIpc) is 2.22. The van der Waals surface area contributed by atoms with Crippen molar-refractivity contribution in [3.63, 3.8) is 0 Å². The van der Waals surface area contributed by atoms with Gasteiger partial charge in [0.1, 0.15) is 0 Å². The van der Waals surface area contributed by atoms with Crippen molar-refractivity contribution in [1.29, 1.82) is 5.26 Å². The van der Waals surface area contributed by atoms with Crippen molar-refractivity contribution < 1.29 is 4.21 Å². The van der Waals surface area contributed by atoms with Gasteiger partial charge in [-0.1, -0.05) is 23.7 Å². The lowest BCUT2D eigenvalue weighted by Gasteiger charge is -2.01. The predicted octanol–water partition coefficient (Wildman–Crippen LogP) is 2.89. The van der Waals surface area contributed by atoms with Crippen LogP contribution in [0.25, 0.3) is 0 Å². The second-order valence-electron chi connectivity index (χ2n) is 3.18. The Hall–Kier alpha value is -0.850. The second-order valence-corrected chi connectivity index (χ2v) is 5.19. The molecule has 0 unspecified atom stereocenters. The lowest BCUT2D eigenvalue weighted by molar-refractivity contribution is 0.680. The molecule has 0 saturated heterocycles. The first kappa shape index (κ1) is 12.2. The summed E-state index contributed by atoms with van der Waals surface area (Å²) < 4.78 is 11.5. The molecule has 0 aromatic heterocycles. The first-order valence-electron chi connectivity index (χ1n) is 4.69. The number of nitrogens with zero attached hydrogens (tertiary/aromatic N) is 1. The lowest BCUT2D eigenvalue weighted by atomic mass is 10.2. The Morgan fingerprint density at radius 3 is 2.60 bits per heavy atom. The predicted molar refractivity (Wildman–Crippen MR) is 63.0 cm³/mol. The van der Waals surface area contributed by atoms with Gasteiger partial charge in [-0.2, -0.15) is 5.26 Å². The molecule has 0 N–H and O–H groups in total. The van der Waals surface area contributed by atoms with E-state index in [0.29, 0.717) is 29.4 Å². The maximum absolute atomic E-state index is 11.5. The number of unbranched alkanes of at least 4 members (excludes halogenated alkanes) is 1. The molecule has 1 aromatic carbocycles. The normalized spacial score (nSPS) is 12.0. The summed E-state index contributed by atoms with van der Waals surface area (Å²) in [6.45, 7) is 0. The van der Waals surface area contributed by atoms with E-state index >= 15 is 0 Å². The number of nitriles is 1. The molecule has 0 spiro atoms. The third-order valence-corrected chi connectivity index (χ3v) is 3.55. The van der Waals surface area contributed by atoms with E-state index in [9.17, 15) is 4.21 Å². The van der Waals surface area contributed by atoms with Crippen molar-refractivity contribution in [3.05, 3.63) is 34.9 Å². The van der Waals surface area contributed by atoms with E-state index in [1.165, 1.54) is 0 Å². The Balaban J connectivity index is 2.38. The summed E-state index contributed by atoms with van der Waals surface area (Å²) in [5.74, 6) is 1.14. The summed E-state index contributed by atoms with van der Waals surface area (Å²) in [5, 5.41) is 9.02. The van der Waals surface area contributed by atoms with Gasteiger partial charge in [-0.25, -0.2) is 0 Å². The van der Waals surface area contributed by atoms with Crippen LogP contribution in [0, 0.1) is 11.3 Å². The summed E-state index contributed by atoms with van der Waals surface area (Å²) in [5.41, 5.74) is 1.02. The third-order valence-electron chi connectivity index (χ3n) is 1.90. The molecule has 4 heteroatoms. The van der Waals surface area contributed by atoms with Crippen LogP contribution in [0.3, 0.4) is 0 Å². The van der Waals surface area contributed by atoms with Crippen molar-refractivity contribution in [2.75, 3.05) is 5.75 Å². The van der Waals surface area contributed by atoms with Gasteiger partial charge in [-0.05, 0) is 24.1 Å². The maximum atomic E-state index is 11.5. The molecule has 0 aliphatic heterocycles. The number of hydrogen-bond acceptors (Lipinski definition) is 2. The van der Waals surface area contributed by atoms with Crippen LogP contribution < -0.4 is 0 Å². The first-order valence-corrected chi connectivity index (χ1v) is 6.55. The molecule has 0 aliphatic rings. The molecule has 0 fully saturated rings. The number of hydrogen-bond donors (Lipinski definition) is 0. The summed E-state index contributed by atoms with van der Waals surface area (Å²) >= 11 is 5.74. The fraction of sp³-hybridized carbons (Fsp3) is 0.364. The second kappa shape index (κ2) is 6.60. The molecule has 0 aliphatic carbocycles. The van der Waals surface area contributed by atoms with Gasteiger partial charge in [-0.15, -0.1) is 0 Å². The Bertz CT molecular complexity index is 369. The van der Waals surface area contributed by atoms with E-state index in [0.717, 1.165) is 5.56 Å². The van der Waals surface area contributed by atoms with Gasteiger partial charge in [0.2, 0.25) is 0 Å². The fourth-order valence-electron chi connectivity index (χ4n) is 1.15. The molecule has 80 valence electrons. The van der Waals surface area contributed by atoms with E-state index in [-0.39, 0.29) is 0 Å². The summed E-state index contributed by atoms with van der Waals surface area (Å²) in [6.07, 6.45) is 1.18. The van der Waals surface area contributed by atoms with E-state index in [4.69, 9.17) is 16.9 Å². The Morgan fingerprint density at radius 2 is 2.00 bits per heavy atom. The van der Waals surface area contributed by atoms with E-state index in [1.54, 1.807) is 12.1 Å². The highest BCUT2D eigenvalue weighted by atomic mass is 35.5. The minimum Gasteiger partial charge on any atom is -0.259 e.